The Morgan fingerprint density at radius 2 is 2.31 bits per heavy atom. The number of ether oxygens (including phenoxy) is 1. The van der Waals surface area contributed by atoms with Crippen molar-refractivity contribution in [3.05, 3.63) is 10.1 Å². The van der Waals surface area contributed by atoms with Crippen LogP contribution in [0.5, 0.6) is 0 Å². The van der Waals surface area contributed by atoms with Crippen molar-refractivity contribution in [2.45, 2.75) is 38.0 Å². The molecule has 0 unspecified atom stereocenters. The monoisotopic (exact) mass is 230 g/mol. The fourth-order valence-electron chi connectivity index (χ4n) is 1.70. The van der Waals surface area contributed by atoms with Gasteiger partial charge >= 0.3 is 0 Å². The Labute approximate surface area is 92.2 Å². The lowest BCUT2D eigenvalue weighted by Gasteiger charge is -2.21. The fraction of sp³-hybridized carbons (Fsp3) is 0.889. The van der Waals surface area contributed by atoms with Crippen LogP contribution in [0.4, 0.5) is 0 Å². The molecular formula is C9H14N2O5. The summed E-state index contributed by atoms with van der Waals surface area (Å²) >= 11 is 0. The van der Waals surface area contributed by atoms with Crippen molar-refractivity contribution in [3.8, 4) is 0 Å². The molecule has 2 aliphatic rings. The number of nitrogens with zero attached hydrogens (tertiary/aromatic N) is 1. The smallest absolute Gasteiger partial charge is 0.253 e. The van der Waals surface area contributed by atoms with Crippen molar-refractivity contribution >= 4 is 5.91 Å². The van der Waals surface area contributed by atoms with Crippen LogP contribution in [0.15, 0.2) is 0 Å². The molecule has 1 aliphatic carbocycles. The highest BCUT2D eigenvalue weighted by molar-refractivity contribution is 5.80. The first-order chi connectivity index (χ1) is 7.68. The van der Waals surface area contributed by atoms with E-state index in [1.807, 2.05) is 0 Å². The molecule has 90 valence electrons. The highest BCUT2D eigenvalue weighted by atomic mass is 16.8. The lowest BCUT2D eigenvalue weighted by molar-refractivity contribution is -0.497. The molecule has 1 heterocycles. The van der Waals surface area contributed by atoms with E-state index in [4.69, 9.17) is 9.57 Å². The molecule has 0 bridgehead atoms. The van der Waals surface area contributed by atoms with Gasteiger partial charge in [0.25, 0.3) is 5.91 Å². The zero-order valence-corrected chi connectivity index (χ0v) is 8.76. The Kier molecular flexibility index (Phi) is 3.35. The maximum Gasteiger partial charge on any atom is 0.253 e. The number of carbonyl (C=O) groups excluding carboxylic acids is 1. The van der Waals surface area contributed by atoms with Crippen LogP contribution in [0.1, 0.15) is 25.7 Å². The third kappa shape index (κ3) is 2.67. The summed E-state index contributed by atoms with van der Waals surface area (Å²) in [6, 6.07) is -0.740. The normalized spacial score (nSPS) is 33.1. The lowest BCUT2D eigenvalue weighted by atomic mass is 10.2. The molecule has 1 saturated heterocycles. The maximum absolute atomic E-state index is 11.4. The van der Waals surface area contributed by atoms with Gasteiger partial charge in [-0.2, -0.15) is 0 Å². The van der Waals surface area contributed by atoms with E-state index in [2.05, 4.69) is 5.48 Å². The minimum absolute atomic E-state index is 0.299. The first-order valence-corrected chi connectivity index (χ1v) is 5.39. The molecule has 1 amide bonds. The number of hydrogen-bond acceptors (Lipinski definition) is 5. The number of hydroxylamine groups is 1. The van der Waals surface area contributed by atoms with Crippen LogP contribution >= 0.6 is 0 Å². The van der Waals surface area contributed by atoms with E-state index >= 15 is 0 Å². The largest absolute Gasteiger partial charge is 0.350 e. The van der Waals surface area contributed by atoms with E-state index < -0.39 is 29.1 Å². The van der Waals surface area contributed by atoms with E-state index in [9.17, 15) is 14.9 Å². The van der Waals surface area contributed by atoms with Gasteiger partial charge in [0.05, 0.1) is 0 Å². The van der Waals surface area contributed by atoms with Crippen LogP contribution in [0.3, 0.4) is 0 Å². The number of nitro groups is 1. The molecule has 1 saturated carbocycles. The van der Waals surface area contributed by atoms with Crippen LogP contribution in [-0.4, -0.2) is 29.8 Å². The highest BCUT2D eigenvalue weighted by Crippen LogP contribution is 2.33. The minimum atomic E-state index is -0.740. The Bertz CT molecular complexity index is 290. The first kappa shape index (κ1) is 11.3. The van der Waals surface area contributed by atoms with Crippen LogP contribution in [0.2, 0.25) is 0 Å². The van der Waals surface area contributed by atoms with Crippen LogP contribution < -0.4 is 5.48 Å². The molecule has 0 radical (unpaired) electrons. The van der Waals surface area contributed by atoms with Crippen molar-refractivity contribution in [3.63, 3.8) is 0 Å². The van der Waals surface area contributed by atoms with Gasteiger partial charge in [-0.25, -0.2) is 10.3 Å². The Morgan fingerprint density at radius 3 is 2.88 bits per heavy atom. The summed E-state index contributed by atoms with van der Waals surface area (Å²) in [6.45, 7) is 0.626. The van der Waals surface area contributed by atoms with E-state index in [-0.39, 0.29) is 0 Å². The molecule has 7 heteroatoms. The number of carbonyl (C=O) groups is 1. The molecule has 2 rings (SSSR count). The van der Waals surface area contributed by atoms with Gasteiger partial charge in [-0.1, -0.05) is 0 Å². The molecule has 0 spiro atoms. The van der Waals surface area contributed by atoms with Gasteiger partial charge in [-0.15, -0.1) is 0 Å². The van der Waals surface area contributed by atoms with Crippen LogP contribution in [0.25, 0.3) is 0 Å². The quantitative estimate of drug-likeness (QED) is 0.551. The van der Waals surface area contributed by atoms with Gasteiger partial charge in [0.15, 0.2) is 6.29 Å². The molecule has 16 heavy (non-hydrogen) atoms. The lowest BCUT2D eigenvalue weighted by Crippen LogP contribution is -2.34. The second-order valence-corrected chi connectivity index (χ2v) is 4.08. The summed E-state index contributed by atoms with van der Waals surface area (Å²) in [6.07, 6.45) is 2.63. The zero-order valence-electron chi connectivity index (χ0n) is 8.76. The third-order valence-electron chi connectivity index (χ3n) is 2.79. The Balaban J connectivity index is 1.66. The predicted octanol–water partition coefficient (Wildman–Crippen LogP) is 0.226. The van der Waals surface area contributed by atoms with E-state index in [0.29, 0.717) is 13.0 Å². The average Bonchev–Trinajstić information content (AvgIpc) is 3.07. The van der Waals surface area contributed by atoms with Gasteiger partial charge in [0.1, 0.15) is 5.92 Å². The summed E-state index contributed by atoms with van der Waals surface area (Å²) in [4.78, 5) is 26.3. The summed E-state index contributed by atoms with van der Waals surface area (Å²) in [5.74, 6) is -0.963. The fourth-order valence-corrected chi connectivity index (χ4v) is 1.70. The number of hydrogen-bond donors (Lipinski definition) is 1. The number of amides is 1. The third-order valence-corrected chi connectivity index (χ3v) is 2.79. The molecule has 0 aromatic heterocycles. The molecule has 1 N–H and O–H groups in total. The zero-order chi connectivity index (χ0) is 11.5. The molecule has 0 aromatic carbocycles. The van der Waals surface area contributed by atoms with Gasteiger partial charge in [-0.3, -0.25) is 14.9 Å². The summed E-state index contributed by atoms with van der Waals surface area (Å²) in [7, 11) is 0. The summed E-state index contributed by atoms with van der Waals surface area (Å²) < 4.78 is 5.23. The average molecular weight is 230 g/mol. The molecule has 0 aromatic rings. The maximum atomic E-state index is 11.4. The summed E-state index contributed by atoms with van der Waals surface area (Å²) in [5, 5.41) is 10.3. The van der Waals surface area contributed by atoms with E-state index in [0.717, 1.165) is 19.3 Å². The number of rotatable bonds is 4. The second kappa shape index (κ2) is 4.75. The standard InChI is InChI=1S/C9H14N2O5/c12-9(6-5-7(6)11(13)14)10-16-8-3-1-2-4-15-8/h6-8H,1-5H2,(H,10,12)/t6-,7+,8+/m0/s1. The molecule has 1 aliphatic heterocycles. The predicted molar refractivity (Wildman–Crippen MR) is 51.7 cm³/mol. The van der Waals surface area contributed by atoms with Crippen LogP contribution in [0, 0.1) is 16.0 Å². The molecular weight excluding hydrogens is 216 g/mol. The SMILES string of the molecule is O=C(NO[C@@H]1CCCCO1)[C@H]1C[C@H]1[N+](=O)[O-]. The van der Waals surface area contributed by atoms with Gasteiger partial charge in [0.2, 0.25) is 6.04 Å². The molecule has 7 nitrogen and oxygen atoms in total. The second-order valence-electron chi connectivity index (χ2n) is 4.08. The summed E-state index contributed by atoms with van der Waals surface area (Å²) in [5.41, 5.74) is 2.23. The van der Waals surface area contributed by atoms with Crippen LogP contribution in [-0.2, 0) is 14.4 Å². The van der Waals surface area contributed by atoms with Crippen molar-refractivity contribution in [2.75, 3.05) is 6.61 Å². The van der Waals surface area contributed by atoms with Gasteiger partial charge in [-0.05, 0) is 12.8 Å². The van der Waals surface area contributed by atoms with Gasteiger partial charge in [0, 0.05) is 24.4 Å². The Hall–Kier alpha value is -1.21. The van der Waals surface area contributed by atoms with Crippen molar-refractivity contribution in [1.29, 1.82) is 0 Å². The van der Waals surface area contributed by atoms with Crippen molar-refractivity contribution in [1.82, 2.24) is 5.48 Å². The minimum Gasteiger partial charge on any atom is -0.350 e. The van der Waals surface area contributed by atoms with E-state index in [1.54, 1.807) is 0 Å². The van der Waals surface area contributed by atoms with Gasteiger partial charge < -0.3 is 4.74 Å². The van der Waals surface area contributed by atoms with Crippen molar-refractivity contribution < 1.29 is 19.3 Å². The molecule has 2 fully saturated rings. The topological polar surface area (TPSA) is 90.7 Å². The Morgan fingerprint density at radius 1 is 1.50 bits per heavy atom. The van der Waals surface area contributed by atoms with E-state index in [1.165, 1.54) is 0 Å². The highest BCUT2D eigenvalue weighted by Gasteiger charge is 2.53. The van der Waals surface area contributed by atoms with Crippen molar-refractivity contribution in [2.24, 2.45) is 5.92 Å². The molecule has 3 atom stereocenters. The first-order valence-electron chi connectivity index (χ1n) is 5.39. The number of nitrogens with one attached hydrogen (secondary N) is 1.